The van der Waals surface area contributed by atoms with Crippen molar-refractivity contribution in [1.82, 2.24) is 20.1 Å². The van der Waals surface area contributed by atoms with Crippen molar-refractivity contribution in [3.05, 3.63) is 80.8 Å². The van der Waals surface area contributed by atoms with Gasteiger partial charge >= 0.3 is 0 Å². The van der Waals surface area contributed by atoms with Crippen LogP contribution < -0.4 is 10.6 Å². The van der Waals surface area contributed by atoms with Gasteiger partial charge < -0.3 is 20.3 Å². The summed E-state index contributed by atoms with van der Waals surface area (Å²) in [6.45, 7) is 2.99. The summed E-state index contributed by atoms with van der Waals surface area (Å²) in [6.07, 6.45) is 1.93. The Labute approximate surface area is 253 Å². The van der Waals surface area contributed by atoms with Crippen LogP contribution in [0, 0.1) is 0 Å². The number of benzene rings is 2. The first-order chi connectivity index (χ1) is 19.8. The Morgan fingerprint density at radius 1 is 1.10 bits per heavy atom. The van der Waals surface area contributed by atoms with Crippen LogP contribution in [0.3, 0.4) is 0 Å². The van der Waals surface area contributed by atoms with E-state index in [0.29, 0.717) is 15.8 Å². The molecular weight excluding hydrogens is 585 g/mol. The van der Waals surface area contributed by atoms with Crippen molar-refractivity contribution in [2.24, 2.45) is 0 Å². The Bertz CT molecular complexity index is 1330. The van der Waals surface area contributed by atoms with Crippen LogP contribution >= 0.6 is 34.5 Å². The summed E-state index contributed by atoms with van der Waals surface area (Å²) in [5.74, 6) is -0.931. The van der Waals surface area contributed by atoms with Gasteiger partial charge in [-0.05, 0) is 36.6 Å². The zero-order valence-corrected chi connectivity index (χ0v) is 25.1. The molecule has 0 unspecified atom stereocenters. The second kappa shape index (κ2) is 15.3. The molecule has 4 rings (SSSR count). The molecule has 2 heterocycles. The van der Waals surface area contributed by atoms with Crippen LogP contribution in [0.4, 0.5) is 5.13 Å². The molecule has 1 aromatic heterocycles. The molecule has 1 fully saturated rings. The first-order valence-electron chi connectivity index (χ1n) is 13.3. The van der Waals surface area contributed by atoms with Crippen LogP contribution in [-0.2, 0) is 27.3 Å². The molecule has 1 aliphatic rings. The Morgan fingerprint density at radius 2 is 1.85 bits per heavy atom. The summed E-state index contributed by atoms with van der Waals surface area (Å²) in [5, 5.41) is 8.55. The lowest BCUT2D eigenvalue weighted by atomic mass is 10.0. The first-order valence-corrected chi connectivity index (χ1v) is 15.0. The summed E-state index contributed by atoms with van der Waals surface area (Å²) >= 11 is 13.4. The monoisotopic (exact) mass is 617 g/mol. The number of likely N-dealkylation sites (tertiary alicyclic amines) is 1. The van der Waals surface area contributed by atoms with E-state index in [4.69, 9.17) is 27.9 Å². The summed E-state index contributed by atoms with van der Waals surface area (Å²) in [5.41, 5.74) is 2.11. The highest BCUT2D eigenvalue weighted by molar-refractivity contribution is 7.13. The molecule has 9 nitrogen and oxygen atoms in total. The molecule has 0 saturated carbocycles. The lowest BCUT2D eigenvalue weighted by Crippen LogP contribution is -2.44. The number of nitrogens with zero attached hydrogens (tertiary/aromatic N) is 3. The van der Waals surface area contributed by atoms with Gasteiger partial charge in [-0.1, -0.05) is 53.5 Å². The number of ether oxygens (including phenoxy) is 1. The predicted molar refractivity (Wildman–Crippen MR) is 162 cm³/mol. The van der Waals surface area contributed by atoms with Crippen molar-refractivity contribution in [3.8, 4) is 0 Å². The summed E-state index contributed by atoms with van der Waals surface area (Å²) in [4.78, 5) is 46.7. The molecule has 2 N–H and O–H groups in total. The number of halogens is 2. The molecular formula is C29H33Cl2N5O4S. The standard InChI is InChI=1S/C29H33Cl2N5O4S/c1-40-14-13-36(28(39)24-8-7-21(30)15-25(24)31)18-27(38)34-29-33-23(19-41-29)16-26(37)32-22-9-11-35(12-10-22)17-20-5-3-2-4-6-20/h2-8,15,19,22H,9-14,16-18H2,1H3,(H,32,37)(H,33,34,38). The van der Waals surface area contributed by atoms with Gasteiger partial charge in [0.05, 0.1) is 29.3 Å². The highest BCUT2D eigenvalue weighted by Crippen LogP contribution is 2.23. The van der Waals surface area contributed by atoms with Crippen LogP contribution in [0.1, 0.15) is 34.5 Å². The quantitative estimate of drug-likeness (QED) is 0.310. The zero-order chi connectivity index (χ0) is 29.2. The molecule has 0 spiro atoms. The highest BCUT2D eigenvalue weighted by Gasteiger charge is 2.23. The third-order valence-electron chi connectivity index (χ3n) is 6.69. The maximum absolute atomic E-state index is 13.1. The lowest BCUT2D eigenvalue weighted by Gasteiger charge is -2.32. The molecule has 3 aromatic rings. The number of piperidine rings is 1. The largest absolute Gasteiger partial charge is 0.383 e. The number of hydrogen-bond donors (Lipinski definition) is 2. The molecule has 1 aliphatic heterocycles. The molecule has 218 valence electrons. The fourth-order valence-electron chi connectivity index (χ4n) is 4.59. The molecule has 12 heteroatoms. The van der Waals surface area contributed by atoms with E-state index in [-0.39, 0.29) is 48.7 Å². The van der Waals surface area contributed by atoms with Crippen molar-refractivity contribution in [2.45, 2.75) is 31.8 Å². The van der Waals surface area contributed by atoms with Crippen LogP contribution in [0.25, 0.3) is 0 Å². The van der Waals surface area contributed by atoms with Crippen LogP contribution in [0.2, 0.25) is 10.0 Å². The van der Waals surface area contributed by atoms with Gasteiger partial charge in [-0.25, -0.2) is 4.98 Å². The minimum absolute atomic E-state index is 0.0918. The van der Waals surface area contributed by atoms with Crippen molar-refractivity contribution < 1.29 is 19.1 Å². The van der Waals surface area contributed by atoms with Crippen molar-refractivity contribution in [2.75, 3.05) is 45.2 Å². The number of amides is 3. The van der Waals surface area contributed by atoms with Crippen LogP contribution in [0.5, 0.6) is 0 Å². The maximum Gasteiger partial charge on any atom is 0.255 e. The number of hydrogen-bond acceptors (Lipinski definition) is 7. The number of carbonyl (C=O) groups is 3. The second-order valence-electron chi connectivity index (χ2n) is 9.82. The van der Waals surface area contributed by atoms with Gasteiger partial charge in [0.15, 0.2) is 5.13 Å². The Balaban J connectivity index is 1.24. The smallest absolute Gasteiger partial charge is 0.255 e. The number of nitrogens with one attached hydrogen (secondary N) is 2. The molecule has 3 amide bonds. The average molecular weight is 619 g/mol. The molecule has 41 heavy (non-hydrogen) atoms. The van der Waals surface area contributed by atoms with Gasteiger partial charge in [-0.2, -0.15) is 0 Å². The number of thiazole rings is 1. The Kier molecular flexibility index (Phi) is 11.5. The fraction of sp³-hybridized carbons (Fsp3) is 0.379. The number of anilines is 1. The van der Waals surface area contributed by atoms with Gasteiger partial charge in [-0.3, -0.25) is 19.3 Å². The fourth-order valence-corrected chi connectivity index (χ4v) is 5.80. The van der Waals surface area contributed by atoms with Gasteiger partial charge in [-0.15, -0.1) is 11.3 Å². The normalized spacial score (nSPS) is 14.0. The van der Waals surface area contributed by atoms with E-state index < -0.39 is 11.8 Å². The lowest BCUT2D eigenvalue weighted by molar-refractivity contribution is -0.121. The van der Waals surface area contributed by atoms with Gasteiger partial charge in [0.1, 0.15) is 6.54 Å². The van der Waals surface area contributed by atoms with Crippen LogP contribution in [0.15, 0.2) is 53.9 Å². The minimum Gasteiger partial charge on any atom is -0.383 e. The number of carbonyl (C=O) groups excluding carboxylic acids is 3. The SMILES string of the molecule is COCCN(CC(=O)Nc1nc(CC(=O)NC2CCN(Cc3ccccc3)CC2)cs1)C(=O)c1ccc(Cl)cc1Cl. The molecule has 0 radical (unpaired) electrons. The second-order valence-corrected chi connectivity index (χ2v) is 11.5. The van der Waals surface area contributed by atoms with E-state index in [1.807, 2.05) is 6.07 Å². The molecule has 0 aliphatic carbocycles. The molecule has 1 saturated heterocycles. The first kappa shape index (κ1) is 30.9. The molecule has 0 bridgehead atoms. The van der Waals surface area contributed by atoms with Crippen LogP contribution in [-0.4, -0.2) is 78.4 Å². The topological polar surface area (TPSA) is 104 Å². The van der Waals surface area contributed by atoms with E-state index in [1.165, 1.54) is 41.0 Å². The Morgan fingerprint density at radius 3 is 2.56 bits per heavy atom. The van der Waals surface area contributed by atoms with E-state index >= 15 is 0 Å². The molecule has 2 aromatic carbocycles. The number of aromatic nitrogens is 1. The van der Waals surface area contributed by atoms with Gasteiger partial charge in [0.2, 0.25) is 11.8 Å². The third kappa shape index (κ3) is 9.51. The van der Waals surface area contributed by atoms with E-state index in [2.05, 4.69) is 44.8 Å². The van der Waals surface area contributed by atoms with Crippen molar-refractivity contribution in [1.29, 1.82) is 0 Å². The number of methoxy groups -OCH3 is 1. The van der Waals surface area contributed by atoms with Crippen molar-refractivity contribution in [3.63, 3.8) is 0 Å². The van der Waals surface area contributed by atoms with Crippen molar-refractivity contribution >= 4 is 57.4 Å². The zero-order valence-electron chi connectivity index (χ0n) is 22.8. The third-order valence-corrected chi connectivity index (χ3v) is 8.04. The van der Waals surface area contributed by atoms with E-state index in [0.717, 1.165) is 32.5 Å². The maximum atomic E-state index is 13.1. The Hall–Kier alpha value is -3.02. The van der Waals surface area contributed by atoms with E-state index in [1.54, 1.807) is 11.4 Å². The minimum atomic E-state index is -0.424. The predicted octanol–water partition coefficient (Wildman–Crippen LogP) is 4.50. The highest BCUT2D eigenvalue weighted by atomic mass is 35.5. The van der Waals surface area contributed by atoms with Gasteiger partial charge in [0.25, 0.3) is 5.91 Å². The summed E-state index contributed by atoms with van der Waals surface area (Å²) in [6, 6.07) is 15.1. The summed E-state index contributed by atoms with van der Waals surface area (Å²) < 4.78 is 5.10. The van der Waals surface area contributed by atoms with Gasteiger partial charge in [0, 0.05) is 49.7 Å². The molecule has 0 atom stereocenters. The van der Waals surface area contributed by atoms with E-state index in [9.17, 15) is 14.4 Å². The number of rotatable bonds is 12. The average Bonchev–Trinajstić information content (AvgIpc) is 3.38. The summed E-state index contributed by atoms with van der Waals surface area (Å²) in [7, 11) is 1.51.